The van der Waals surface area contributed by atoms with E-state index in [0.717, 1.165) is 0 Å². The lowest BCUT2D eigenvalue weighted by Crippen LogP contribution is -2.27. The second kappa shape index (κ2) is 7.99. The molecule has 0 aromatic rings. The van der Waals surface area contributed by atoms with Crippen molar-refractivity contribution < 1.29 is 4.79 Å². The van der Waals surface area contributed by atoms with Gasteiger partial charge in [-0.2, -0.15) is 0 Å². The molecule has 0 unspecified atom stereocenters. The summed E-state index contributed by atoms with van der Waals surface area (Å²) in [5.41, 5.74) is 8.07. The maximum atomic E-state index is 11.5. The minimum Gasteiger partial charge on any atom is -0.356 e. The summed E-state index contributed by atoms with van der Waals surface area (Å²) in [4.78, 5) is 14.2. The van der Waals surface area contributed by atoms with E-state index in [0.29, 0.717) is 25.4 Å². The SMILES string of the molecule is [N-]=[N+]=NCCNC(=O)CC1CCCCCC1. The summed E-state index contributed by atoms with van der Waals surface area (Å²) in [5, 5.41) is 6.15. The van der Waals surface area contributed by atoms with Crippen molar-refractivity contribution in [1.29, 1.82) is 0 Å². The standard InChI is InChI=1S/C11H20N4O/c12-15-14-8-7-13-11(16)9-10-5-3-1-2-4-6-10/h10H,1-9H2,(H,13,16). The Bertz CT molecular complexity index is 253. The third-order valence-corrected chi connectivity index (χ3v) is 3.05. The van der Waals surface area contributed by atoms with Crippen LogP contribution in [0.1, 0.15) is 44.9 Å². The average molecular weight is 224 g/mol. The van der Waals surface area contributed by atoms with Gasteiger partial charge in [0.25, 0.3) is 0 Å². The zero-order valence-electron chi connectivity index (χ0n) is 9.69. The molecule has 0 spiro atoms. The minimum atomic E-state index is 0.0973. The van der Waals surface area contributed by atoms with Gasteiger partial charge in [-0.1, -0.05) is 30.8 Å². The van der Waals surface area contributed by atoms with Gasteiger partial charge < -0.3 is 5.32 Å². The zero-order valence-corrected chi connectivity index (χ0v) is 9.69. The van der Waals surface area contributed by atoms with Gasteiger partial charge in [-0.3, -0.25) is 4.79 Å². The maximum Gasteiger partial charge on any atom is 0.220 e. The Morgan fingerprint density at radius 3 is 2.62 bits per heavy atom. The molecule has 0 aliphatic heterocycles. The summed E-state index contributed by atoms with van der Waals surface area (Å²) in [6, 6.07) is 0. The summed E-state index contributed by atoms with van der Waals surface area (Å²) in [6.07, 6.45) is 8.15. The quantitative estimate of drug-likeness (QED) is 0.252. The van der Waals surface area contributed by atoms with Gasteiger partial charge in [-0.15, -0.1) is 0 Å². The maximum absolute atomic E-state index is 11.5. The highest BCUT2D eigenvalue weighted by atomic mass is 16.1. The van der Waals surface area contributed by atoms with E-state index in [9.17, 15) is 4.79 Å². The molecular formula is C11H20N4O. The van der Waals surface area contributed by atoms with Crippen LogP contribution in [0.3, 0.4) is 0 Å². The lowest BCUT2D eigenvalue weighted by Gasteiger charge is -2.13. The van der Waals surface area contributed by atoms with Gasteiger partial charge in [-0.25, -0.2) is 0 Å². The van der Waals surface area contributed by atoms with Crippen molar-refractivity contribution in [3.05, 3.63) is 10.4 Å². The van der Waals surface area contributed by atoms with Gasteiger partial charge >= 0.3 is 0 Å². The number of carbonyl (C=O) groups is 1. The smallest absolute Gasteiger partial charge is 0.220 e. The molecule has 1 aliphatic carbocycles. The van der Waals surface area contributed by atoms with E-state index >= 15 is 0 Å². The molecule has 1 amide bonds. The van der Waals surface area contributed by atoms with Crippen LogP contribution in [0, 0.1) is 5.92 Å². The molecule has 0 saturated heterocycles. The Labute approximate surface area is 96.2 Å². The summed E-state index contributed by atoms with van der Waals surface area (Å²) >= 11 is 0. The predicted octanol–water partition coefficient (Wildman–Crippen LogP) is 2.77. The van der Waals surface area contributed by atoms with Crippen LogP contribution in [0.15, 0.2) is 5.11 Å². The molecule has 90 valence electrons. The highest BCUT2D eigenvalue weighted by molar-refractivity contribution is 5.76. The Morgan fingerprint density at radius 1 is 1.31 bits per heavy atom. The molecule has 1 saturated carbocycles. The van der Waals surface area contributed by atoms with Gasteiger partial charge in [0.1, 0.15) is 0 Å². The number of rotatable bonds is 5. The first-order valence-corrected chi connectivity index (χ1v) is 6.10. The minimum absolute atomic E-state index is 0.0973. The van der Waals surface area contributed by atoms with Crippen molar-refractivity contribution in [2.75, 3.05) is 13.1 Å². The third-order valence-electron chi connectivity index (χ3n) is 3.05. The van der Waals surface area contributed by atoms with Crippen molar-refractivity contribution in [3.8, 4) is 0 Å². The molecule has 0 radical (unpaired) electrons. The number of nitrogens with zero attached hydrogens (tertiary/aromatic N) is 3. The first-order chi connectivity index (χ1) is 7.83. The number of carbonyl (C=O) groups excluding carboxylic acids is 1. The Morgan fingerprint density at radius 2 is 2.00 bits per heavy atom. The van der Waals surface area contributed by atoms with Crippen LogP contribution >= 0.6 is 0 Å². The summed E-state index contributed by atoms with van der Waals surface area (Å²) in [7, 11) is 0. The summed E-state index contributed by atoms with van der Waals surface area (Å²) in [5.74, 6) is 0.655. The average Bonchev–Trinajstić information content (AvgIpc) is 2.53. The molecule has 1 N–H and O–H groups in total. The van der Waals surface area contributed by atoms with Gasteiger partial charge in [0.2, 0.25) is 5.91 Å². The van der Waals surface area contributed by atoms with E-state index in [-0.39, 0.29) is 5.91 Å². The van der Waals surface area contributed by atoms with Crippen LogP contribution in [0.2, 0.25) is 0 Å². The molecule has 0 heterocycles. The number of nitrogens with one attached hydrogen (secondary N) is 1. The van der Waals surface area contributed by atoms with Crippen LogP contribution in [0.5, 0.6) is 0 Å². The van der Waals surface area contributed by atoms with Crippen molar-refractivity contribution in [2.24, 2.45) is 11.0 Å². The van der Waals surface area contributed by atoms with Gasteiger partial charge in [0.05, 0.1) is 0 Å². The van der Waals surface area contributed by atoms with Crippen LogP contribution in [0.25, 0.3) is 10.4 Å². The largest absolute Gasteiger partial charge is 0.356 e. The second-order valence-corrected chi connectivity index (χ2v) is 4.37. The van der Waals surface area contributed by atoms with E-state index in [1.165, 1.54) is 38.5 Å². The van der Waals surface area contributed by atoms with E-state index in [1.54, 1.807) is 0 Å². The number of hydrogen-bond donors (Lipinski definition) is 1. The fourth-order valence-corrected chi connectivity index (χ4v) is 2.19. The number of amides is 1. The topological polar surface area (TPSA) is 77.9 Å². The first kappa shape index (κ1) is 12.8. The molecule has 0 atom stereocenters. The first-order valence-electron chi connectivity index (χ1n) is 6.10. The molecule has 5 heteroatoms. The van der Waals surface area contributed by atoms with Gasteiger partial charge in [-0.05, 0) is 24.3 Å². The third kappa shape index (κ3) is 5.61. The Hall–Kier alpha value is -1.22. The molecule has 1 fully saturated rings. The van der Waals surface area contributed by atoms with Crippen molar-refractivity contribution in [1.82, 2.24) is 5.32 Å². The lowest BCUT2D eigenvalue weighted by atomic mass is 9.96. The fourth-order valence-electron chi connectivity index (χ4n) is 2.19. The van der Waals surface area contributed by atoms with Crippen LogP contribution < -0.4 is 5.32 Å². The van der Waals surface area contributed by atoms with Crippen molar-refractivity contribution in [3.63, 3.8) is 0 Å². The highest BCUT2D eigenvalue weighted by Gasteiger charge is 2.15. The monoisotopic (exact) mass is 224 g/mol. The van der Waals surface area contributed by atoms with E-state index in [1.807, 2.05) is 0 Å². The van der Waals surface area contributed by atoms with Gasteiger partial charge in [0, 0.05) is 24.4 Å². The van der Waals surface area contributed by atoms with Crippen LogP contribution in [0.4, 0.5) is 0 Å². The molecule has 5 nitrogen and oxygen atoms in total. The normalized spacial score (nSPS) is 17.2. The zero-order chi connectivity index (χ0) is 11.6. The summed E-state index contributed by atoms with van der Waals surface area (Å²) in [6.45, 7) is 0.794. The molecule has 0 bridgehead atoms. The lowest BCUT2D eigenvalue weighted by molar-refractivity contribution is -0.122. The fraction of sp³-hybridized carbons (Fsp3) is 0.909. The molecule has 1 rings (SSSR count). The molecule has 0 aromatic carbocycles. The predicted molar refractivity (Wildman–Crippen MR) is 62.8 cm³/mol. The van der Waals surface area contributed by atoms with E-state index < -0.39 is 0 Å². The van der Waals surface area contributed by atoms with Crippen LogP contribution in [-0.4, -0.2) is 19.0 Å². The Kier molecular flexibility index (Phi) is 6.42. The molecule has 0 aromatic heterocycles. The van der Waals surface area contributed by atoms with E-state index in [2.05, 4.69) is 15.3 Å². The summed E-state index contributed by atoms with van der Waals surface area (Å²) < 4.78 is 0. The number of azide groups is 1. The molecular weight excluding hydrogens is 204 g/mol. The van der Waals surface area contributed by atoms with Crippen molar-refractivity contribution in [2.45, 2.75) is 44.9 Å². The van der Waals surface area contributed by atoms with Gasteiger partial charge in [0.15, 0.2) is 0 Å². The van der Waals surface area contributed by atoms with E-state index in [4.69, 9.17) is 5.53 Å². The van der Waals surface area contributed by atoms with Crippen molar-refractivity contribution >= 4 is 5.91 Å². The molecule has 1 aliphatic rings. The van der Waals surface area contributed by atoms with Crippen LogP contribution in [-0.2, 0) is 4.79 Å². The molecule has 16 heavy (non-hydrogen) atoms. The number of hydrogen-bond acceptors (Lipinski definition) is 2. The highest BCUT2D eigenvalue weighted by Crippen LogP contribution is 2.25. The Balaban J connectivity index is 2.14. The second-order valence-electron chi connectivity index (χ2n) is 4.37.